The lowest BCUT2D eigenvalue weighted by atomic mass is 10.0. The van der Waals surface area contributed by atoms with Gasteiger partial charge in [-0.25, -0.2) is 0 Å². The summed E-state index contributed by atoms with van der Waals surface area (Å²) in [7, 11) is 0. The second-order valence-electron chi connectivity index (χ2n) is 2.99. The van der Waals surface area contributed by atoms with E-state index in [4.69, 9.17) is 0 Å². The highest BCUT2D eigenvalue weighted by Gasteiger charge is 2.30. The van der Waals surface area contributed by atoms with Crippen molar-refractivity contribution in [2.75, 3.05) is 6.67 Å². The molecule has 1 aromatic carbocycles. The van der Waals surface area contributed by atoms with Crippen LogP contribution in [0.5, 0.6) is 0 Å². The number of halogens is 4. The Morgan fingerprint density at radius 3 is 2.43 bits per heavy atom. The second kappa shape index (κ2) is 3.98. The van der Waals surface area contributed by atoms with Gasteiger partial charge >= 0.3 is 6.18 Å². The topological polar surface area (TPSA) is 0 Å². The summed E-state index contributed by atoms with van der Waals surface area (Å²) in [6, 6.07) is 4.66. The molecule has 14 heavy (non-hydrogen) atoms. The maximum atomic E-state index is 12.2. The summed E-state index contributed by atoms with van der Waals surface area (Å²) < 4.78 is 48.9. The van der Waals surface area contributed by atoms with Crippen LogP contribution in [0.1, 0.15) is 18.1 Å². The van der Waals surface area contributed by atoms with Crippen molar-refractivity contribution < 1.29 is 17.6 Å². The van der Waals surface area contributed by atoms with Gasteiger partial charge in [0.2, 0.25) is 0 Å². The second-order valence-corrected chi connectivity index (χ2v) is 2.99. The van der Waals surface area contributed by atoms with Gasteiger partial charge in [-0.05, 0) is 11.6 Å². The summed E-state index contributed by atoms with van der Waals surface area (Å²) >= 11 is 0. The van der Waals surface area contributed by atoms with Gasteiger partial charge in [0.15, 0.2) is 0 Å². The predicted octanol–water partition coefficient (Wildman–Crippen LogP) is 3.62. The van der Waals surface area contributed by atoms with Crippen molar-refractivity contribution in [1.82, 2.24) is 0 Å². The highest BCUT2D eigenvalue weighted by molar-refractivity contribution is 5.34. The quantitative estimate of drug-likeness (QED) is 0.647. The van der Waals surface area contributed by atoms with E-state index in [9.17, 15) is 17.6 Å². The molecule has 0 aromatic heterocycles. The lowest BCUT2D eigenvalue weighted by Gasteiger charge is -2.10. The minimum Gasteiger partial charge on any atom is -0.250 e. The Morgan fingerprint density at radius 2 is 1.93 bits per heavy atom. The molecule has 0 fully saturated rings. The maximum Gasteiger partial charge on any atom is 0.416 e. The van der Waals surface area contributed by atoms with Gasteiger partial charge in [0.1, 0.15) is 0 Å². The Labute approximate surface area is 79.6 Å². The minimum absolute atomic E-state index is 0.294. The van der Waals surface area contributed by atoms with Gasteiger partial charge in [0.25, 0.3) is 0 Å². The normalized spacial score (nSPS) is 12.1. The van der Waals surface area contributed by atoms with E-state index in [1.54, 1.807) is 0 Å². The van der Waals surface area contributed by atoms with Gasteiger partial charge in [-0.2, -0.15) is 13.2 Å². The summed E-state index contributed by atoms with van der Waals surface area (Å²) in [5, 5.41) is 0. The van der Waals surface area contributed by atoms with Crippen LogP contribution in [0.2, 0.25) is 0 Å². The molecule has 0 N–H and O–H groups in total. The van der Waals surface area contributed by atoms with Crippen molar-refractivity contribution in [2.45, 2.75) is 13.1 Å². The van der Waals surface area contributed by atoms with Crippen molar-refractivity contribution >= 4 is 0 Å². The summed E-state index contributed by atoms with van der Waals surface area (Å²) in [6.07, 6.45) is -4.37. The van der Waals surface area contributed by atoms with Gasteiger partial charge < -0.3 is 0 Å². The third kappa shape index (κ3) is 2.47. The molecular weight excluding hydrogens is 196 g/mol. The molecule has 0 nitrogen and oxygen atoms in total. The summed E-state index contributed by atoms with van der Waals surface area (Å²) in [5.74, 6) is 0.302. The average Bonchev–Trinajstić information content (AvgIpc) is 2.15. The maximum absolute atomic E-state index is 12.2. The molecule has 4 heteroatoms. The van der Waals surface area contributed by atoms with E-state index >= 15 is 0 Å². The lowest BCUT2D eigenvalue weighted by molar-refractivity contribution is -0.137. The van der Waals surface area contributed by atoms with E-state index in [1.165, 1.54) is 19.1 Å². The van der Waals surface area contributed by atoms with Crippen molar-refractivity contribution in [3.05, 3.63) is 41.3 Å². The van der Waals surface area contributed by atoms with Crippen LogP contribution in [0.15, 0.2) is 24.3 Å². The van der Waals surface area contributed by atoms with Crippen molar-refractivity contribution in [2.24, 2.45) is 0 Å². The number of alkyl halides is 4. The fraction of sp³-hybridized carbons (Fsp3) is 0.300. The standard InChI is InChI=1S/C10H9F4/c1-7(6-11)8-3-2-4-9(5-8)10(12,13)14/h2-5H,6H2,1H3. The molecule has 0 aliphatic rings. The van der Waals surface area contributed by atoms with E-state index in [0.29, 0.717) is 11.5 Å². The molecule has 0 amide bonds. The number of hydrogen-bond acceptors (Lipinski definition) is 0. The molecule has 0 unspecified atom stereocenters. The Balaban J connectivity index is 3.01. The Kier molecular flexibility index (Phi) is 3.13. The predicted molar refractivity (Wildman–Crippen MR) is 45.4 cm³/mol. The highest BCUT2D eigenvalue weighted by atomic mass is 19.4. The van der Waals surface area contributed by atoms with Gasteiger partial charge in [-0.3, -0.25) is 4.39 Å². The monoisotopic (exact) mass is 205 g/mol. The van der Waals surface area contributed by atoms with Gasteiger partial charge in [0.05, 0.1) is 12.2 Å². The van der Waals surface area contributed by atoms with Gasteiger partial charge in [-0.1, -0.05) is 25.1 Å². The van der Waals surface area contributed by atoms with Crippen molar-refractivity contribution in [3.63, 3.8) is 0 Å². The fourth-order valence-electron chi connectivity index (χ4n) is 1.04. The van der Waals surface area contributed by atoms with Crippen LogP contribution >= 0.6 is 0 Å². The van der Waals surface area contributed by atoms with Gasteiger partial charge in [-0.15, -0.1) is 0 Å². The summed E-state index contributed by atoms with van der Waals surface area (Å²) in [5.41, 5.74) is -0.454. The van der Waals surface area contributed by atoms with Crippen LogP contribution in [0, 0.1) is 5.92 Å². The third-order valence-electron chi connectivity index (χ3n) is 1.88. The molecule has 0 saturated carbocycles. The molecule has 0 saturated heterocycles. The molecule has 77 valence electrons. The zero-order valence-corrected chi connectivity index (χ0v) is 7.53. The molecule has 0 aliphatic carbocycles. The Morgan fingerprint density at radius 1 is 1.29 bits per heavy atom. The zero-order valence-electron chi connectivity index (χ0n) is 7.53. The molecule has 0 atom stereocenters. The molecule has 1 aromatic rings. The first kappa shape index (κ1) is 11.0. The number of rotatable bonds is 2. The first-order valence-corrected chi connectivity index (χ1v) is 4.01. The Hall–Kier alpha value is -1.06. The van der Waals surface area contributed by atoms with Crippen LogP contribution < -0.4 is 0 Å². The van der Waals surface area contributed by atoms with E-state index in [1.807, 2.05) is 0 Å². The number of benzene rings is 1. The average molecular weight is 205 g/mol. The molecule has 0 heterocycles. The summed E-state index contributed by atoms with van der Waals surface area (Å²) in [4.78, 5) is 0. The first-order valence-electron chi connectivity index (χ1n) is 4.01. The third-order valence-corrected chi connectivity index (χ3v) is 1.88. The molecule has 0 bridgehead atoms. The van der Waals surface area contributed by atoms with Crippen molar-refractivity contribution in [1.29, 1.82) is 0 Å². The lowest BCUT2D eigenvalue weighted by Crippen LogP contribution is -2.06. The van der Waals surface area contributed by atoms with Crippen LogP contribution in [0.25, 0.3) is 0 Å². The summed E-state index contributed by atoms with van der Waals surface area (Å²) in [6.45, 7) is 0.733. The number of hydrogen-bond donors (Lipinski definition) is 0. The zero-order chi connectivity index (χ0) is 10.8. The highest BCUT2D eigenvalue weighted by Crippen LogP contribution is 2.30. The fourth-order valence-corrected chi connectivity index (χ4v) is 1.04. The first-order chi connectivity index (χ1) is 6.45. The van der Waals surface area contributed by atoms with E-state index < -0.39 is 18.4 Å². The molecule has 0 aliphatic heterocycles. The smallest absolute Gasteiger partial charge is 0.250 e. The van der Waals surface area contributed by atoms with E-state index in [0.717, 1.165) is 12.1 Å². The van der Waals surface area contributed by atoms with Gasteiger partial charge in [0, 0.05) is 5.92 Å². The molecule has 0 spiro atoms. The van der Waals surface area contributed by atoms with Crippen LogP contribution in [-0.4, -0.2) is 6.67 Å². The largest absolute Gasteiger partial charge is 0.416 e. The van der Waals surface area contributed by atoms with Crippen LogP contribution in [0.3, 0.4) is 0 Å². The van der Waals surface area contributed by atoms with E-state index in [-0.39, 0.29) is 0 Å². The Bertz CT molecular complexity index is 303. The molecular formula is C10H9F4. The SMILES string of the molecule is C[C](CF)c1cccc(C(F)(F)F)c1. The van der Waals surface area contributed by atoms with Crippen molar-refractivity contribution in [3.8, 4) is 0 Å². The van der Waals surface area contributed by atoms with E-state index in [2.05, 4.69) is 0 Å². The molecule has 1 rings (SSSR count). The molecule has 1 radical (unpaired) electrons. The minimum atomic E-state index is -4.37. The van der Waals surface area contributed by atoms with Crippen LogP contribution in [-0.2, 0) is 6.18 Å². The van der Waals surface area contributed by atoms with Crippen LogP contribution in [0.4, 0.5) is 17.6 Å².